The summed E-state index contributed by atoms with van der Waals surface area (Å²) in [6.07, 6.45) is 4.48. The summed E-state index contributed by atoms with van der Waals surface area (Å²) in [5, 5.41) is 14.6. The average molecular weight is 292 g/mol. The van der Waals surface area contributed by atoms with Crippen LogP contribution < -0.4 is 10.6 Å². The van der Waals surface area contributed by atoms with Crippen molar-refractivity contribution < 1.29 is 14.7 Å². The minimum absolute atomic E-state index is 0.0769. The van der Waals surface area contributed by atoms with Gasteiger partial charge in [-0.05, 0) is 32.3 Å². The zero-order chi connectivity index (χ0) is 15.2. The molecule has 0 bridgehead atoms. The molecule has 2 atom stereocenters. The highest BCUT2D eigenvalue weighted by molar-refractivity contribution is 5.74. The van der Waals surface area contributed by atoms with Crippen LogP contribution in [0.2, 0.25) is 0 Å². The zero-order valence-corrected chi connectivity index (χ0v) is 12.0. The van der Waals surface area contributed by atoms with Crippen molar-refractivity contribution in [2.75, 3.05) is 0 Å². The van der Waals surface area contributed by atoms with Gasteiger partial charge >= 0.3 is 12.0 Å². The Bertz CT molecular complexity index is 521. The number of nitrogens with one attached hydrogen (secondary N) is 2. The molecule has 1 aromatic rings. The molecule has 0 saturated heterocycles. The van der Waals surface area contributed by atoms with Crippen LogP contribution in [0.1, 0.15) is 37.2 Å². The minimum atomic E-state index is -0.779. The number of amides is 2. The number of aliphatic carboxylic acids is 1. The molecule has 0 aromatic carbocycles. The first-order valence-corrected chi connectivity index (χ1v) is 7.10. The van der Waals surface area contributed by atoms with E-state index in [9.17, 15) is 9.59 Å². The number of aryl methyl sites for hydroxylation is 1. The number of urea groups is 1. The van der Waals surface area contributed by atoms with E-state index in [4.69, 9.17) is 5.11 Å². The van der Waals surface area contributed by atoms with Crippen LogP contribution in [0, 0.1) is 12.8 Å². The fourth-order valence-corrected chi connectivity index (χ4v) is 2.56. The van der Waals surface area contributed by atoms with Crippen LogP contribution in [-0.2, 0) is 11.3 Å². The molecule has 1 aromatic heterocycles. The van der Waals surface area contributed by atoms with Crippen LogP contribution in [0.3, 0.4) is 0 Å². The van der Waals surface area contributed by atoms with Gasteiger partial charge in [0.1, 0.15) is 5.82 Å². The van der Waals surface area contributed by atoms with E-state index in [1.54, 1.807) is 19.2 Å². The van der Waals surface area contributed by atoms with Gasteiger partial charge in [-0.15, -0.1) is 0 Å². The number of carbonyl (C=O) groups excluding carboxylic acids is 1. The van der Waals surface area contributed by atoms with E-state index in [-0.39, 0.29) is 18.0 Å². The van der Waals surface area contributed by atoms with Gasteiger partial charge < -0.3 is 15.7 Å². The average Bonchev–Trinajstić information content (AvgIpc) is 2.45. The van der Waals surface area contributed by atoms with E-state index in [1.807, 2.05) is 0 Å². The normalized spacial score (nSPS) is 21.6. The third kappa shape index (κ3) is 4.70. The quantitative estimate of drug-likeness (QED) is 0.774. The molecule has 1 aliphatic rings. The molecule has 114 valence electrons. The van der Waals surface area contributed by atoms with Crippen LogP contribution in [0.4, 0.5) is 4.79 Å². The van der Waals surface area contributed by atoms with Gasteiger partial charge in [-0.25, -0.2) is 14.8 Å². The number of rotatable bonds is 4. The van der Waals surface area contributed by atoms with Gasteiger partial charge in [-0.3, -0.25) is 4.79 Å². The van der Waals surface area contributed by atoms with Gasteiger partial charge in [0, 0.05) is 12.2 Å². The summed E-state index contributed by atoms with van der Waals surface area (Å²) in [5.74, 6) is -0.474. The summed E-state index contributed by atoms with van der Waals surface area (Å²) in [7, 11) is 0. The second-order valence-corrected chi connectivity index (χ2v) is 5.32. The zero-order valence-electron chi connectivity index (χ0n) is 12.0. The Hall–Kier alpha value is -2.18. The maximum atomic E-state index is 11.8. The lowest BCUT2D eigenvalue weighted by Crippen LogP contribution is -2.44. The molecule has 1 aliphatic carbocycles. The van der Waals surface area contributed by atoms with Crippen molar-refractivity contribution in [2.45, 2.75) is 45.2 Å². The molecule has 3 N–H and O–H groups in total. The van der Waals surface area contributed by atoms with Gasteiger partial charge in [0.15, 0.2) is 0 Å². The van der Waals surface area contributed by atoms with Crippen molar-refractivity contribution in [3.05, 3.63) is 23.8 Å². The lowest BCUT2D eigenvalue weighted by Gasteiger charge is -2.27. The Kier molecular flexibility index (Phi) is 5.08. The van der Waals surface area contributed by atoms with Crippen LogP contribution in [-0.4, -0.2) is 33.1 Å². The number of nitrogens with zero attached hydrogens (tertiary/aromatic N) is 2. The van der Waals surface area contributed by atoms with Crippen molar-refractivity contribution in [3.63, 3.8) is 0 Å². The van der Waals surface area contributed by atoms with Crippen LogP contribution >= 0.6 is 0 Å². The molecule has 21 heavy (non-hydrogen) atoms. The van der Waals surface area contributed by atoms with Gasteiger partial charge in [-0.1, -0.05) is 6.42 Å². The Morgan fingerprint density at radius 3 is 2.95 bits per heavy atom. The van der Waals surface area contributed by atoms with E-state index < -0.39 is 5.97 Å². The van der Waals surface area contributed by atoms with E-state index in [0.717, 1.165) is 18.5 Å². The van der Waals surface area contributed by atoms with Gasteiger partial charge in [0.2, 0.25) is 0 Å². The van der Waals surface area contributed by atoms with Crippen LogP contribution in [0.5, 0.6) is 0 Å². The molecule has 7 heteroatoms. The Balaban J connectivity index is 1.78. The summed E-state index contributed by atoms with van der Waals surface area (Å²) in [6.45, 7) is 2.11. The Labute approximate surface area is 123 Å². The molecule has 2 unspecified atom stereocenters. The number of carboxylic acids is 1. The highest BCUT2D eigenvalue weighted by atomic mass is 16.4. The molecule has 1 saturated carbocycles. The highest BCUT2D eigenvalue weighted by Gasteiger charge is 2.27. The van der Waals surface area contributed by atoms with Crippen molar-refractivity contribution in [1.29, 1.82) is 0 Å². The highest BCUT2D eigenvalue weighted by Crippen LogP contribution is 2.24. The van der Waals surface area contributed by atoms with E-state index >= 15 is 0 Å². The van der Waals surface area contributed by atoms with E-state index in [0.29, 0.717) is 25.2 Å². The summed E-state index contributed by atoms with van der Waals surface area (Å²) in [5.41, 5.74) is 0.740. The van der Waals surface area contributed by atoms with Gasteiger partial charge in [0.25, 0.3) is 0 Å². The second-order valence-electron chi connectivity index (χ2n) is 5.32. The van der Waals surface area contributed by atoms with Crippen molar-refractivity contribution in [2.24, 2.45) is 5.92 Å². The lowest BCUT2D eigenvalue weighted by molar-refractivity contribution is -0.143. The lowest BCUT2D eigenvalue weighted by atomic mass is 9.86. The molecular weight excluding hydrogens is 272 g/mol. The molecular formula is C14H20N4O3. The first kappa shape index (κ1) is 15.2. The predicted octanol–water partition coefficient (Wildman–Crippen LogP) is 1.23. The molecule has 0 spiro atoms. The minimum Gasteiger partial charge on any atom is -0.481 e. The molecule has 0 aliphatic heterocycles. The number of aromatic nitrogens is 2. The third-order valence-corrected chi connectivity index (χ3v) is 3.62. The monoisotopic (exact) mass is 292 g/mol. The van der Waals surface area contributed by atoms with Gasteiger partial charge in [0.05, 0.1) is 18.2 Å². The molecule has 2 rings (SSSR count). The maximum absolute atomic E-state index is 11.8. The van der Waals surface area contributed by atoms with Crippen molar-refractivity contribution >= 4 is 12.0 Å². The summed E-state index contributed by atoms with van der Waals surface area (Å²) in [6, 6.07) is 1.38. The van der Waals surface area contributed by atoms with Crippen LogP contribution in [0.15, 0.2) is 12.3 Å². The molecule has 0 radical (unpaired) electrons. The summed E-state index contributed by atoms with van der Waals surface area (Å²) < 4.78 is 0. The second kappa shape index (κ2) is 7.01. The van der Waals surface area contributed by atoms with E-state index in [1.165, 1.54) is 0 Å². The molecule has 1 heterocycles. The third-order valence-electron chi connectivity index (χ3n) is 3.62. The number of hydrogen-bond acceptors (Lipinski definition) is 4. The summed E-state index contributed by atoms with van der Waals surface area (Å²) >= 11 is 0. The van der Waals surface area contributed by atoms with Crippen molar-refractivity contribution in [1.82, 2.24) is 20.6 Å². The first-order chi connectivity index (χ1) is 10.0. The van der Waals surface area contributed by atoms with Crippen LogP contribution in [0.25, 0.3) is 0 Å². The standard InChI is InChI=1S/C14H20N4O3/c1-9-15-6-5-12(17-9)8-16-14(21)18-11-4-2-3-10(7-11)13(19)20/h5-6,10-11H,2-4,7-8H2,1H3,(H,19,20)(H2,16,18,21). The number of carbonyl (C=O) groups is 2. The first-order valence-electron chi connectivity index (χ1n) is 7.10. The van der Waals surface area contributed by atoms with Gasteiger partial charge in [-0.2, -0.15) is 0 Å². The smallest absolute Gasteiger partial charge is 0.315 e. The Morgan fingerprint density at radius 2 is 2.24 bits per heavy atom. The molecule has 2 amide bonds. The number of carboxylic acid groups (broad SMARTS) is 1. The maximum Gasteiger partial charge on any atom is 0.315 e. The largest absolute Gasteiger partial charge is 0.481 e. The Morgan fingerprint density at radius 1 is 1.43 bits per heavy atom. The topological polar surface area (TPSA) is 104 Å². The van der Waals surface area contributed by atoms with E-state index in [2.05, 4.69) is 20.6 Å². The SMILES string of the molecule is Cc1nccc(CNC(=O)NC2CCCC(C(=O)O)C2)n1. The molecule has 7 nitrogen and oxygen atoms in total. The molecule has 1 fully saturated rings. The number of hydrogen-bond donors (Lipinski definition) is 3. The fourth-order valence-electron chi connectivity index (χ4n) is 2.56. The fraction of sp³-hybridized carbons (Fsp3) is 0.571. The summed E-state index contributed by atoms with van der Waals surface area (Å²) in [4.78, 5) is 31.0. The predicted molar refractivity (Wildman–Crippen MR) is 75.5 cm³/mol. The van der Waals surface area contributed by atoms with Crippen molar-refractivity contribution in [3.8, 4) is 0 Å².